The van der Waals surface area contributed by atoms with Crippen LogP contribution in [0.5, 0.6) is 0 Å². The molecular weight excluding hydrogens is 284 g/mol. The van der Waals surface area contributed by atoms with Crippen molar-refractivity contribution in [2.24, 2.45) is 0 Å². The standard InChI is InChI=1S/C15H26N4OS/c1-5-16-12-9-14(18-13(17-12)10-20-6-2)19-7-8-21-15(3,4)11-19/h9H,5-8,10-11H2,1-4H3,(H,16,17,18). The normalized spacial score (nSPS) is 17.8. The lowest BCUT2D eigenvalue weighted by Gasteiger charge is -2.38. The molecule has 1 aliphatic heterocycles. The molecule has 0 saturated carbocycles. The van der Waals surface area contributed by atoms with Crippen molar-refractivity contribution in [2.45, 2.75) is 39.0 Å². The van der Waals surface area contributed by atoms with Crippen LogP contribution in [0, 0.1) is 0 Å². The van der Waals surface area contributed by atoms with Gasteiger partial charge >= 0.3 is 0 Å². The molecule has 0 unspecified atom stereocenters. The lowest BCUT2D eigenvalue weighted by atomic mass is 10.2. The quantitative estimate of drug-likeness (QED) is 0.872. The van der Waals surface area contributed by atoms with E-state index in [1.54, 1.807) is 0 Å². The lowest BCUT2D eigenvalue weighted by Crippen LogP contribution is -2.43. The van der Waals surface area contributed by atoms with Gasteiger partial charge in [-0.2, -0.15) is 11.8 Å². The van der Waals surface area contributed by atoms with Gasteiger partial charge in [-0.1, -0.05) is 0 Å². The molecule has 1 aromatic rings. The number of thioether (sulfide) groups is 1. The first kappa shape index (κ1) is 16.4. The summed E-state index contributed by atoms with van der Waals surface area (Å²) < 4.78 is 5.73. The van der Waals surface area contributed by atoms with Crippen LogP contribution in [0.1, 0.15) is 33.5 Å². The van der Waals surface area contributed by atoms with Gasteiger partial charge in [-0.25, -0.2) is 9.97 Å². The summed E-state index contributed by atoms with van der Waals surface area (Å²) in [5.74, 6) is 3.77. The molecule has 0 aliphatic carbocycles. The number of nitrogens with zero attached hydrogens (tertiary/aromatic N) is 3. The summed E-state index contributed by atoms with van der Waals surface area (Å²) in [7, 11) is 0. The molecule has 0 atom stereocenters. The summed E-state index contributed by atoms with van der Waals surface area (Å²) in [5.41, 5.74) is 0. The Morgan fingerprint density at radius 3 is 2.86 bits per heavy atom. The summed E-state index contributed by atoms with van der Waals surface area (Å²) in [6, 6.07) is 2.05. The van der Waals surface area contributed by atoms with Gasteiger partial charge in [0.05, 0.1) is 0 Å². The zero-order valence-electron chi connectivity index (χ0n) is 13.5. The minimum Gasteiger partial charge on any atom is -0.374 e. The van der Waals surface area contributed by atoms with Gasteiger partial charge in [0.1, 0.15) is 18.2 Å². The number of anilines is 2. The number of aromatic nitrogens is 2. The van der Waals surface area contributed by atoms with Crippen LogP contribution < -0.4 is 10.2 Å². The van der Waals surface area contributed by atoms with Crippen molar-refractivity contribution in [3.8, 4) is 0 Å². The average molecular weight is 310 g/mol. The minimum absolute atomic E-state index is 0.266. The van der Waals surface area contributed by atoms with Gasteiger partial charge in [0.15, 0.2) is 5.82 Å². The predicted molar refractivity (Wildman–Crippen MR) is 90.3 cm³/mol. The highest BCUT2D eigenvalue weighted by Gasteiger charge is 2.28. The van der Waals surface area contributed by atoms with Crippen LogP contribution in [0.15, 0.2) is 6.07 Å². The van der Waals surface area contributed by atoms with E-state index in [-0.39, 0.29) is 4.75 Å². The Morgan fingerprint density at radius 1 is 1.38 bits per heavy atom. The molecule has 1 N–H and O–H groups in total. The molecule has 2 heterocycles. The molecule has 0 aromatic carbocycles. The van der Waals surface area contributed by atoms with Gasteiger partial charge in [0.2, 0.25) is 0 Å². The summed E-state index contributed by atoms with van der Waals surface area (Å²) in [6.07, 6.45) is 0. The van der Waals surface area contributed by atoms with Gasteiger partial charge in [-0.3, -0.25) is 0 Å². The summed E-state index contributed by atoms with van der Waals surface area (Å²) in [5, 5.41) is 3.29. The fraction of sp³-hybridized carbons (Fsp3) is 0.733. The Balaban J connectivity index is 2.21. The monoisotopic (exact) mass is 310 g/mol. The number of hydrogen-bond donors (Lipinski definition) is 1. The van der Waals surface area contributed by atoms with E-state index in [0.29, 0.717) is 13.2 Å². The molecule has 5 nitrogen and oxygen atoms in total. The van der Waals surface area contributed by atoms with E-state index in [1.807, 2.05) is 24.8 Å². The largest absolute Gasteiger partial charge is 0.374 e. The first-order chi connectivity index (χ1) is 10.0. The topological polar surface area (TPSA) is 50.3 Å². The smallest absolute Gasteiger partial charge is 0.158 e. The zero-order chi connectivity index (χ0) is 15.3. The second-order valence-corrected chi connectivity index (χ2v) is 7.53. The third-order valence-corrected chi connectivity index (χ3v) is 4.60. The number of nitrogens with one attached hydrogen (secondary N) is 1. The Labute approximate surface area is 131 Å². The minimum atomic E-state index is 0.266. The van der Waals surface area contributed by atoms with E-state index in [1.165, 1.54) is 0 Å². The third kappa shape index (κ3) is 4.74. The van der Waals surface area contributed by atoms with Crippen molar-refractivity contribution in [3.63, 3.8) is 0 Å². The van der Waals surface area contributed by atoms with Gasteiger partial charge in [-0.05, 0) is 27.7 Å². The Hall–Kier alpha value is -1.01. The average Bonchev–Trinajstić information content (AvgIpc) is 2.44. The van der Waals surface area contributed by atoms with Gasteiger partial charge in [0, 0.05) is 42.8 Å². The number of rotatable bonds is 6. The maximum absolute atomic E-state index is 5.46. The van der Waals surface area contributed by atoms with Crippen molar-refractivity contribution in [3.05, 3.63) is 11.9 Å². The fourth-order valence-corrected chi connectivity index (χ4v) is 3.50. The van der Waals surface area contributed by atoms with Crippen LogP contribution in [0.2, 0.25) is 0 Å². The Morgan fingerprint density at radius 2 is 2.19 bits per heavy atom. The molecule has 118 valence electrons. The maximum Gasteiger partial charge on any atom is 0.158 e. The summed E-state index contributed by atoms with van der Waals surface area (Å²) in [4.78, 5) is 11.6. The van der Waals surface area contributed by atoms with Gasteiger partial charge in [-0.15, -0.1) is 0 Å². The zero-order valence-corrected chi connectivity index (χ0v) is 14.3. The highest BCUT2D eigenvalue weighted by atomic mass is 32.2. The van der Waals surface area contributed by atoms with Crippen molar-refractivity contribution in [1.29, 1.82) is 0 Å². The molecule has 0 radical (unpaired) electrons. The molecule has 6 heteroatoms. The SMILES string of the molecule is CCNc1cc(N2CCSC(C)(C)C2)nc(COCC)n1. The fourth-order valence-electron chi connectivity index (χ4n) is 2.39. The van der Waals surface area contributed by atoms with Crippen LogP contribution in [-0.2, 0) is 11.3 Å². The molecule has 1 aliphatic rings. The first-order valence-corrected chi connectivity index (χ1v) is 8.61. The van der Waals surface area contributed by atoms with E-state index in [9.17, 15) is 0 Å². The maximum atomic E-state index is 5.46. The molecule has 0 spiro atoms. The van der Waals surface area contributed by atoms with Crippen LogP contribution in [-0.4, -0.2) is 46.7 Å². The first-order valence-electron chi connectivity index (χ1n) is 7.62. The van der Waals surface area contributed by atoms with E-state index in [4.69, 9.17) is 4.74 Å². The molecule has 0 bridgehead atoms. The van der Waals surface area contributed by atoms with Crippen LogP contribution in [0.25, 0.3) is 0 Å². The van der Waals surface area contributed by atoms with Crippen LogP contribution in [0.3, 0.4) is 0 Å². The van der Waals surface area contributed by atoms with Gasteiger partial charge < -0.3 is 15.0 Å². The Kier molecular flexibility index (Phi) is 5.70. The second-order valence-electron chi connectivity index (χ2n) is 5.72. The van der Waals surface area contributed by atoms with Crippen molar-refractivity contribution in [2.75, 3.05) is 42.2 Å². The second kappa shape index (κ2) is 7.31. The van der Waals surface area contributed by atoms with Crippen LogP contribution in [0.4, 0.5) is 11.6 Å². The van der Waals surface area contributed by atoms with E-state index in [0.717, 1.165) is 42.8 Å². The summed E-state index contributed by atoms with van der Waals surface area (Å²) >= 11 is 2.03. The van der Waals surface area contributed by atoms with Gasteiger partial charge in [0.25, 0.3) is 0 Å². The predicted octanol–water partition coefficient (Wildman–Crippen LogP) is 2.78. The molecule has 1 saturated heterocycles. The van der Waals surface area contributed by atoms with E-state index < -0.39 is 0 Å². The number of hydrogen-bond acceptors (Lipinski definition) is 6. The van der Waals surface area contributed by atoms with Crippen molar-refractivity contribution in [1.82, 2.24) is 9.97 Å². The molecular formula is C15H26N4OS. The van der Waals surface area contributed by atoms with Crippen LogP contribution >= 0.6 is 11.8 Å². The lowest BCUT2D eigenvalue weighted by molar-refractivity contribution is 0.128. The molecule has 0 amide bonds. The highest BCUT2D eigenvalue weighted by Crippen LogP contribution is 2.32. The molecule has 2 rings (SSSR count). The molecule has 1 aromatic heterocycles. The number of ether oxygens (including phenoxy) is 1. The van der Waals surface area contributed by atoms with E-state index >= 15 is 0 Å². The molecule has 1 fully saturated rings. The van der Waals surface area contributed by atoms with E-state index in [2.05, 4.69) is 41.0 Å². The Bertz CT molecular complexity index is 467. The molecule has 21 heavy (non-hydrogen) atoms. The van der Waals surface area contributed by atoms with Crippen molar-refractivity contribution < 1.29 is 4.74 Å². The summed E-state index contributed by atoms with van der Waals surface area (Å²) in [6.45, 7) is 12.7. The third-order valence-electron chi connectivity index (χ3n) is 3.30. The van der Waals surface area contributed by atoms with Crippen molar-refractivity contribution >= 4 is 23.4 Å². The highest BCUT2D eigenvalue weighted by molar-refractivity contribution is 8.00.